The lowest BCUT2D eigenvalue weighted by atomic mass is 10.0. The minimum absolute atomic E-state index is 0.00559. The maximum Gasteiger partial charge on any atom is 0.408 e. The number of nitrogens with zero attached hydrogens (tertiary/aromatic N) is 1. The first-order chi connectivity index (χ1) is 17.9. The lowest BCUT2D eigenvalue weighted by Gasteiger charge is -2.34. The molecule has 2 aromatic rings. The lowest BCUT2D eigenvalue weighted by molar-refractivity contribution is -0.140. The molecule has 9 heteroatoms. The molecule has 0 aromatic heterocycles. The number of unbranched alkanes of at least 4 members (excludes halogenated alkanes) is 2. The molecule has 0 bridgehead atoms. The average molecular weight is 544 g/mol. The van der Waals surface area contributed by atoms with Crippen LogP contribution in [0.3, 0.4) is 0 Å². The van der Waals surface area contributed by atoms with Gasteiger partial charge in [0.25, 0.3) is 5.91 Å². The van der Waals surface area contributed by atoms with Crippen LogP contribution in [-0.2, 0) is 14.3 Å². The smallest absolute Gasteiger partial charge is 0.408 e. The van der Waals surface area contributed by atoms with E-state index in [0.29, 0.717) is 12.1 Å². The molecule has 2 rings (SSSR count). The molecule has 8 nitrogen and oxygen atoms in total. The van der Waals surface area contributed by atoms with E-state index < -0.39 is 35.6 Å². The number of ether oxygens (including phenoxy) is 1. The van der Waals surface area contributed by atoms with Crippen molar-refractivity contribution in [3.8, 4) is 5.75 Å². The minimum Gasteiger partial charge on any atom is -0.508 e. The summed E-state index contributed by atoms with van der Waals surface area (Å²) in [4.78, 5) is 41.8. The highest BCUT2D eigenvalue weighted by Gasteiger charge is 2.37. The topological polar surface area (TPSA) is 108 Å². The fraction of sp³-hybridized carbons (Fsp3) is 0.483. The standard InChI is InChI=1S/C29H41N3O5S/c1-7-8-11-17-32(27(35)22(18-38)30-28(36)37-29(4,5)6)25(21-15-9-10-16-23(21)33)26(34)31-24-19(2)13-12-14-20(24)3/h9-10,12-16,22,25,33,38H,7-8,11,17-18H2,1-6H3,(H,30,36)(H,31,34). The molecule has 0 aliphatic carbocycles. The van der Waals surface area contributed by atoms with Crippen LogP contribution in [-0.4, -0.2) is 51.9 Å². The van der Waals surface area contributed by atoms with Crippen LogP contribution < -0.4 is 10.6 Å². The molecule has 0 fully saturated rings. The molecule has 0 spiro atoms. The normalized spacial score (nSPS) is 12.8. The largest absolute Gasteiger partial charge is 0.508 e. The zero-order valence-corrected chi connectivity index (χ0v) is 24.1. The fourth-order valence-corrected chi connectivity index (χ4v) is 4.35. The summed E-state index contributed by atoms with van der Waals surface area (Å²) in [6.07, 6.45) is 1.62. The van der Waals surface area contributed by atoms with Crippen LogP contribution in [0.25, 0.3) is 0 Å². The van der Waals surface area contributed by atoms with Gasteiger partial charge in [0.05, 0.1) is 0 Å². The number of alkyl carbamates (subject to hydrolysis) is 1. The van der Waals surface area contributed by atoms with Crippen LogP contribution in [0.1, 0.15) is 69.7 Å². The molecule has 0 aliphatic rings. The van der Waals surface area contributed by atoms with Crippen LogP contribution >= 0.6 is 12.6 Å². The molecule has 2 unspecified atom stereocenters. The van der Waals surface area contributed by atoms with E-state index in [1.165, 1.54) is 11.0 Å². The summed E-state index contributed by atoms with van der Waals surface area (Å²) in [7, 11) is 0. The van der Waals surface area contributed by atoms with Gasteiger partial charge in [-0.3, -0.25) is 9.59 Å². The number of phenols is 1. The molecule has 3 N–H and O–H groups in total. The molecule has 0 radical (unpaired) electrons. The maximum atomic E-state index is 13.9. The number of aromatic hydroxyl groups is 1. The summed E-state index contributed by atoms with van der Waals surface area (Å²) in [5, 5.41) is 16.3. The van der Waals surface area contributed by atoms with E-state index in [0.717, 1.165) is 24.0 Å². The number of thiol groups is 1. The van der Waals surface area contributed by atoms with E-state index in [1.54, 1.807) is 39.0 Å². The molecule has 0 saturated heterocycles. The zero-order valence-electron chi connectivity index (χ0n) is 23.2. The van der Waals surface area contributed by atoms with Gasteiger partial charge in [-0.05, 0) is 58.2 Å². The predicted molar refractivity (Wildman–Crippen MR) is 154 cm³/mol. The Morgan fingerprint density at radius 1 is 1.03 bits per heavy atom. The summed E-state index contributed by atoms with van der Waals surface area (Å²) >= 11 is 4.31. The number of nitrogens with one attached hydrogen (secondary N) is 2. The number of carbonyl (C=O) groups excluding carboxylic acids is 3. The van der Waals surface area contributed by atoms with Crippen molar-refractivity contribution in [2.45, 2.75) is 78.5 Å². The Morgan fingerprint density at radius 3 is 2.21 bits per heavy atom. The van der Waals surface area contributed by atoms with Crippen molar-refractivity contribution in [3.63, 3.8) is 0 Å². The number of hydrogen-bond acceptors (Lipinski definition) is 6. The molecule has 38 heavy (non-hydrogen) atoms. The second-order valence-corrected chi connectivity index (χ2v) is 10.7. The molecule has 0 heterocycles. The molecule has 2 atom stereocenters. The molecule has 208 valence electrons. The Labute approximate surface area is 231 Å². The minimum atomic E-state index is -1.15. The van der Waals surface area contributed by atoms with Gasteiger partial charge in [0.2, 0.25) is 5.91 Å². The Morgan fingerprint density at radius 2 is 1.66 bits per heavy atom. The number of amides is 3. The van der Waals surface area contributed by atoms with Crippen LogP contribution in [0, 0.1) is 13.8 Å². The third-order valence-electron chi connectivity index (χ3n) is 5.98. The van der Waals surface area contributed by atoms with Gasteiger partial charge in [-0.2, -0.15) is 12.6 Å². The molecule has 3 amide bonds. The molecular formula is C29H41N3O5S. The number of rotatable bonds is 11. The number of carbonyl (C=O) groups is 3. The van der Waals surface area contributed by atoms with Crippen molar-refractivity contribution < 1.29 is 24.2 Å². The predicted octanol–water partition coefficient (Wildman–Crippen LogP) is 5.53. The van der Waals surface area contributed by atoms with Crippen molar-refractivity contribution >= 4 is 36.2 Å². The first-order valence-corrected chi connectivity index (χ1v) is 13.6. The van der Waals surface area contributed by atoms with E-state index in [-0.39, 0.29) is 23.6 Å². The quantitative estimate of drug-likeness (QED) is 0.220. The second-order valence-electron chi connectivity index (χ2n) is 10.3. The van der Waals surface area contributed by atoms with Crippen molar-refractivity contribution in [2.75, 3.05) is 17.6 Å². The lowest BCUT2D eigenvalue weighted by Crippen LogP contribution is -2.53. The van der Waals surface area contributed by atoms with Crippen LogP contribution in [0.2, 0.25) is 0 Å². The second kappa shape index (κ2) is 14.1. The van der Waals surface area contributed by atoms with Gasteiger partial charge in [0, 0.05) is 23.5 Å². The first kappa shape index (κ1) is 31.0. The highest BCUT2D eigenvalue weighted by atomic mass is 32.1. The summed E-state index contributed by atoms with van der Waals surface area (Å²) in [6, 6.07) is 9.97. The molecule has 2 aromatic carbocycles. The van der Waals surface area contributed by atoms with E-state index in [2.05, 4.69) is 23.3 Å². The van der Waals surface area contributed by atoms with Crippen LogP contribution in [0.15, 0.2) is 42.5 Å². The van der Waals surface area contributed by atoms with Gasteiger partial charge in [-0.15, -0.1) is 0 Å². The summed E-state index contributed by atoms with van der Waals surface area (Å²) < 4.78 is 5.34. The van der Waals surface area contributed by atoms with Crippen molar-refractivity contribution in [2.24, 2.45) is 0 Å². The summed E-state index contributed by atoms with van der Waals surface area (Å²) in [6.45, 7) is 11.3. The summed E-state index contributed by atoms with van der Waals surface area (Å²) in [5.41, 5.74) is 1.93. The first-order valence-electron chi connectivity index (χ1n) is 12.9. The fourth-order valence-electron chi connectivity index (χ4n) is 4.11. The highest BCUT2D eigenvalue weighted by molar-refractivity contribution is 7.80. The van der Waals surface area contributed by atoms with E-state index in [9.17, 15) is 19.5 Å². The van der Waals surface area contributed by atoms with Crippen LogP contribution in [0.5, 0.6) is 5.75 Å². The van der Waals surface area contributed by atoms with Gasteiger partial charge in [0.1, 0.15) is 23.4 Å². The van der Waals surface area contributed by atoms with Gasteiger partial charge in [0.15, 0.2) is 0 Å². The molecule has 0 saturated carbocycles. The van der Waals surface area contributed by atoms with Crippen molar-refractivity contribution in [1.82, 2.24) is 10.2 Å². The van der Waals surface area contributed by atoms with Gasteiger partial charge < -0.3 is 25.4 Å². The van der Waals surface area contributed by atoms with E-state index >= 15 is 0 Å². The Bertz CT molecular complexity index is 1100. The zero-order chi connectivity index (χ0) is 28.5. The third-order valence-corrected chi connectivity index (χ3v) is 6.34. The van der Waals surface area contributed by atoms with Gasteiger partial charge >= 0.3 is 6.09 Å². The van der Waals surface area contributed by atoms with Crippen molar-refractivity contribution in [1.29, 1.82) is 0 Å². The van der Waals surface area contributed by atoms with Crippen molar-refractivity contribution in [3.05, 3.63) is 59.2 Å². The number of aryl methyl sites for hydroxylation is 2. The number of anilines is 1. The number of benzene rings is 2. The van der Waals surface area contributed by atoms with E-state index in [4.69, 9.17) is 4.74 Å². The number of hydrogen-bond donors (Lipinski definition) is 4. The Balaban J connectivity index is 2.53. The average Bonchev–Trinajstić information content (AvgIpc) is 2.83. The SMILES string of the molecule is CCCCCN(C(=O)C(CS)NC(=O)OC(C)(C)C)C(C(=O)Nc1c(C)cccc1C)c1ccccc1O. The Hall–Kier alpha value is -3.20. The molecule has 0 aliphatic heterocycles. The molecular weight excluding hydrogens is 502 g/mol. The highest BCUT2D eigenvalue weighted by Crippen LogP contribution is 2.32. The van der Waals surface area contributed by atoms with Gasteiger partial charge in [-0.1, -0.05) is 56.2 Å². The number of phenolic OH excluding ortho intramolecular Hbond substituents is 1. The Kier molecular flexibility index (Phi) is 11.5. The van der Waals surface area contributed by atoms with Gasteiger partial charge in [-0.25, -0.2) is 4.79 Å². The number of para-hydroxylation sites is 2. The van der Waals surface area contributed by atoms with Crippen LogP contribution in [0.4, 0.5) is 10.5 Å². The summed E-state index contributed by atoms with van der Waals surface area (Å²) in [5.74, 6) is -1.07. The monoisotopic (exact) mass is 543 g/mol. The third kappa shape index (κ3) is 8.68. The van der Waals surface area contributed by atoms with E-state index in [1.807, 2.05) is 39.0 Å². The maximum absolute atomic E-state index is 13.9.